The first-order valence-corrected chi connectivity index (χ1v) is 11.7. The average molecular weight is 456 g/mol. The molecule has 0 saturated carbocycles. The molecule has 0 heterocycles. The molecule has 3 aromatic rings. The zero-order valence-electron chi connectivity index (χ0n) is 18.3. The Morgan fingerprint density at radius 3 is 1.58 bits per heavy atom. The predicted octanol–water partition coefficient (Wildman–Crippen LogP) is 7.16. The number of halogens is 2. The molecule has 1 N–H and O–H groups in total. The van der Waals surface area contributed by atoms with Crippen LogP contribution in [0.15, 0.2) is 78.9 Å². The van der Waals surface area contributed by atoms with Crippen molar-refractivity contribution < 1.29 is 5.11 Å². The van der Waals surface area contributed by atoms with Crippen LogP contribution >= 0.6 is 23.2 Å². The molecule has 31 heavy (non-hydrogen) atoms. The van der Waals surface area contributed by atoms with Crippen LogP contribution in [0.4, 0.5) is 0 Å². The van der Waals surface area contributed by atoms with Crippen LogP contribution in [0.5, 0.6) is 0 Å². The zero-order valence-corrected chi connectivity index (χ0v) is 19.8. The molecule has 0 aliphatic rings. The lowest BCUT2D eigenvalue weighted by atomic mass is 9.83. The molecule has 2 nitrogen and oxygen atoms in total. The lowest BCUT2D eigenvalue weighted by Gasteiger charge is -2.43. The monoisotopic (exact) mass is 455 g/mol. The van der Waals surface area contributed by atoms with Crippen LogP contribution in [-0.2, 0) is 19.5 Å². The minimum atomic E-state index is -0.797. The fraction of sp³-hybridized carbons (Fsp3) is 0.333. The van der Waals surface area contributed by atoms with Crippen molar-refractivity contribution in [2.75, 3.05) is 0 Å². The van der Waals surface area contributed by atoms with Crippen LogP contribution in [-0.4, -0.2) is 21.6 Å². The average Bonchev–Trinajstić information content (AvgIpc) is 2.80. The third-order valence-electron chi connectivity index (χ3n) is 6.16. The summed E-state index contributed by atoms with van der Waals surface area (Å²) in [6.07, 6.45) is 2.16. The first-order valence-electron chi connectivity index (χ1n) is 10.9. The quantitative estimate of drug-likeness (QED) is 0.350. The molecule has 0 radical (unpaired) electrons. The lowest BCUT2D eigenvalue weighted by molar-refractivity contribution is -0.0598. The van der Waals surface area contributed by atoms with Crippen molar-refractivity contribution >= 4 is 23.2 Å². The van der Waals surface area contributed by atoms with E-state index < -0.39 is 5.60 Å². The Kier molecular flexibility index (Phi) is 8.57. The molecule has 0 saturated heterocycles. The SMILES string of the molecule is CCC(O)(CC)[C@@H](Cc1ccccc1)N(Cc1ccc(Cl)cc1)Cc1ccc(Cl)cc1. The van der Waals surface area contributed by atoms with Gasteiger partial charge < -0.3 is 5.11 Å². The highest BCUT2D eigenvalue weighted by Crippen LogP contribution is 2.30. The maximum Gasteiger partial charge on any atom is 0.0800 e. The summed E-state index contributed by atoms with van der Waals surface area (Å²) in [6.45, 7) is 5.59. The Bertz CT molecular complexity index is 874. The number of rotatable bonds is 10. The van der Waals surface area contributed by atoms with Gasteiger partial charge in [-0.25, -0.2) is 0 Å². The summed E-state index contributed by atoms with van der Waals surface area (Å²) in [5.41, 5.74) is 2.77. The van der Waals surface area contributed by atoms with E-state index in [9.17, 15) is 5.11 Å². The molecule has 0 spiro atoms. The van der Waals surface area contributed by atoms with Gasteiger partial charge in [0.2, 0.25) is 0 Å². The molecule has 0 aliphatic heterocycles. The molecule has 164 valence electrons. The van der Waals surface area contributed by atoms with Crippen molar-refractivity contribution in [3.05, 3.63) is 106 Å². The summed E-state index contributed by atoms with van der Waals surface area (Å²) >= 11 is 12.2. The summed E-state index contributed by atoms with van der Waals surface area (Å²) in [5, 5.41) is 13.1. The summed E-state index contributed by atoms with van der Waals surface area (Å²) in [5.74, 6) is 0. The van der Waals surface area contributed by atoms with E-state index in [1.807, 2.05) is 30.3 Å². The molecule has 1 atom stereocenters. The van der Waals surface area contributed by atoms with Crippen LogP contribution in [0.3, 0.4) is 0 Å². The second-order valence-electron chi connectivity index (χ2n) is 8.17. The molecule has 3 rings (SSSR count). The van der Waals surface area contributed by atoms with Gasteiger partial charge in [-0.1, -0.05) is 91.6 Å². The van der Waals surface area contributed by atoms with Gasteiger partial charge in [-0.05, 0) is 60.2 Å². The largest absolute Gasteiger partial charge is 0.388 e. The lowest BCUT2D eigenvalue weighted by Crippen LogP contribution is -2.53. The van der Waals surface area contributed by atoms with Gasteiger partial charge in [0, 0.05) is 29.2 Å². The molecule has 0 bridgehead atoms. The number of hydrogen-bond donors (Lipinski definition) is 1. The minimum absolute atomic E-state index is 0.0451. The maximum absolute atomic E-state index is 11.7. The van der Waals surface area contributed by atoms with Crippen molar-refractivity contribution in [1.29, 1.82) is 0 Å². The highest BCUT2D eigenvalue weighted by molar-refractivity contribution is 6.30. The Hall–Kier alpha value is -1.84. The van der Waals surface area contributed by atoms with E-state index in [1.165, 1.54) is 16.7 Å². The Morgan fingerprint density at radius 1 is 0.710 bits per heavy atom. The van der Waals surface area contributed by atoms with Gasteiger partial charge in [-0.15, -0.1) is 0 Å². The third-order valence-corrected chi connectivity index (χ3v) is 6.66. The molecule has 0 unspecified atom stereocenters. The standard InChI is InChI=1S/C27H31Cl2NO/c1-3-27(31,4-2)26(18-21-8-6-5-7-9-21)30(19-22-10-14-24(28)15-11-22)20-23-12-16-25(29)17-13-23/h5-17,26,31H,3-4,18-20H2,1-2H3/t26-/m1/s1. The van der Waals surface area contributed by atoms with E-state index in [4.69, 9.17) is 23.2 Å². The van der Waals surface area contributed by atoms with Gasteiger partial charge in [0.1, 0.15) is 0 Å². The van der Waals surface area contributed by atoms with Gasteiger partial charge in [-0.3, -0.25) is 4.90 Å². The summed E-state index contributed by atoms with van der Waals surface area (Å²) < 4.78 is 0. The summed E-state index contributed by atoms with van der Waals surface area (Å²) in [4.78, 5) is 2.40. The molecule has 3 aromatic carbocycles. The number of benzene rings is 3. The number of nitrogens with zero attached hydrogens (tertiary/aromatic N) is 1. The van der Waals surface area contributed by atoms with Crippen LogP contribution < -0.4 is 0 Å². The van der Waals surface area contributed by atoms with E-state index in [0.29, 0.717) is 12.8 Å². The first kappa shape index (κ1) is 23.8. The van der Waals surface area contributed by atoms with Crippen molar-refractivity contribution in [2.45, 2.75) is 57.8 Å². The molecular weight excluding hydrogens is 425 g/mol. The third kappa shape index (κ3) is 6.57. The van der Waals surface area contributed by atoms with E-state index in [1.54, 1.807) is 0 Å². The molecule has 0 amide bonds. The molecule has 0 fully saturated rings. The highest BCUT2D eigenvalue weighted by atomic mass is 35.5. The normalized spacial score (nSPS) is 12.8. The van der Waals surface area contributed by atoms with Crippen molar-refractivity contribution in [3.63, 3.8) is 0 Å². The Morgan fingerprint density at radius 2 is 1.16 bits per heavy atom. The van der Waals surface area contributed by atoms with Gasteiger partial charge >= 0.3 is 0 Å². The van der Waals surface area contributed by atoms with E-state index in [-0.39, 0.29) is 6.04 Å². The van der Waals surface area contributed by atoms with Gasteiger partial charge in [0.15, 0.2) is 0 Å². The summed E-state index contributed by atoms with van der Waals surface area (Å²) in [7, 11) is 0. The fourth-order valence-electron chi connectivity index (χ4n) is 4.14. The van der Waals surface area contributed by atoms with Gasteiger partial charge in [0.05, 0.1) is 5.60 Å². The fourth-order valence-corrected chi connectivity index (χ4v) is 4.39. The second kappa shape index (κ2) is 11.2. The zero-order chi connectivity index (χ0) is 22.3. The van der Waals surface area contributed by atoms with Crippen LogP contribution in [0, 0.1) is 0 Å². The Labute approximate surface area is 196 Å². The van der Waals surface area contributed by atoms with Crippen molar-refractivity contribution in [2.24, 2.45) is 0 Å². The van der Waals surface area contributed by atoms with E-state index in [2.05, 4.69) is 67.3 Å². The topological polar surface area (TPSA) is 23.5 Å². The Balaban J connectivity index is 1.99. The minimum Gasteiger partial charge on any atom is -0.388 e. The maximum atomic E-state index is 11.7. The highest BCUT2D eigenvalue weighted by Gasteiger charge is 2.37. The predicted molar refractivity (Wildman–Crippen MR) is 132 cm³/mol. The molecule has 4 heteroatoms. The molecule has 0 aromatic heterocycles. The van der Waals surface area contributed by atoms with E-state index in [0.717, 1.165) is 29.6 Å². The van der Waals surface area contributed by atoms with Crippen molar-refractivity contribution in [3.8, 4) is 0 Å². The van der Waals surface area contributed by atoms with E-state index >= 15 is 0 Å². The van der Waals surface area contributed by atoms with Crippen LogP contribution in [0.25, 0.3) is 0 Å². The molecule has 0 aliphatic carbocycles. The van der Waals surface area contributed by atoms with Gasteiger partial charge in [0.25, 0.3) is 0 Å². The number of hydrogen-bond acceptors (Lipinski definition) is 2. The van der Waals surface area contributed by atoms with Crippen LogP contribution in [0.2, 0.25) is 10.0 Å². The molecular formula is C27H31Cl2NO. The first-order chi connectivity index (χ1) is 14.9. The number of aliphatic hydroxyl groups is 1. The smallest absolute Gasteiger partial charge is 0.0800 e. The summed E-state index contributed by atoms with van der Waals surface area (Å²) in [6, 6.07) is 26.3. The van der Waals surface area contributed by atoms with Crippen LogP contribution in [0.1, 0.15) is 43.4 Å². The second-order valence-corrected chi connectivity index (χ2v) is 9.05. The van der Waals surface area contributed by atoms with Gasteiger partial charge in [-0.2, -0.15) is 0 Å². The van der Waals surface area contributed by atoms with Crippen molar-refractivity contribution in [1.82, 2.24) is 4.90 Å².